The summed E-state index contributed by atoms with van der Waals surface area (Å²) in [5.74, 6) is 1.69. The second-order valence-corrected chi connectivity index (χ2v) is 7.76. The minimum absolute atomic E-state index is 0.0984. The normalized spacial score (nSPS) is 14.2. The number of benzene rings is 2. The third-order valence-electron chi connectivity index (χ3n) is 5.86. The fraction of sp³-hybridized carbons (Fsp3) is 0.292. The number of fused-ring (bicyclic) bond motifs is 4. The molecule has 3 heterocycles. The molecular formula is C24H25N3O3. The number of H-pyrrole nitrogens is 2. The summed E-state index contributed by atoms with van der Waals surface area (Å²) in [6.45, 7) is 3.60. The summed E-state index contributed by atoms with van der Waals surface area (Å²) < 4.78 is 11.4. The molecule has 6 nitrogen and oxygen atoms in total. The summed E-state index contributed by atoms with van der Waals surface area (Å²) in [6, 6.07) is 15.4. The van der Waals surface area contributed by atoms with Crippen LogP contribution in [0.3, 0.4) is 0 Å². The molecule has 0 saturated carbocycles. The molecule has 4 aromatic rings. The van der Waals surface area contributed by atoms with Crippen molar-refractivity contribution in [3.8, 4) is 11.5 Å². The lowest BCUT2D eigenvalue weighted by atomic mass is 10.0. The van der Waals surface area contributed by atoms with Gasteiger partial charge in [0.15, 0.2) is 0 Å². The van der Waals surface area contributed by atoms with Crippen LogP contribution in [0.5, 0.6) is 11.5 Å². The fourth-order valence-electron chi connectivity index (χ4n) is 4.35. The fourth-order valence-corrected chi connectivity index (χ4v) is 4.35. The quantitative estimate of drug-likeness (QED) is 0.480. The molecule has 1 aliphatic heterocycles. The zero-order valence-corrected chi connectivity index (χ0v) is 17.0. The molecule has 154 valence electrons. The Labute approximate surface area is 174 Å². The molecule has 0 amide bonds. The van der Waals surface area contributed by atoms with Gasteiger partial charge in [-0.1, -0.05) is 12.1 Å². The Hall–Kier alpha value is -3.25. The first-order chi connectivity index (χ1) is 14.7. The number of nitrogens with one attached hydrogen (secondary N) is 2. The van der Waals surface area contributed by atoms with E-state index in [4.69, 9.17) is 9.47 Å². The highest BCUT2D eigenvalue weighted by Crippen LogP contribution is 2.32. The van der Waals surface area contributed by atoms with Crippen molar-refractivity contribution in [3.63, 3.8) is 0 Å². The molecule has 0 aliphatic carbocycles. The number of ether oxygens (including phenoxy) is 2. The number of nitrogens with zero attached hydrogens (tertiary/aromatic N) is 1. The molecule has 0 fully saturated rings. The van der Waals surface area contributed by atoms with E-state index in [-0.39, 0.29) is 5.56 Å². The van der Waals surface area contributed by atoms with Crippen molar-refractivity contribution in [2.75, 3.05) is 26.8 Å². The molecular weight excluding hydrogens is 378 g/mol. The molecule has 5 rings (SSSR count). The van der Waals surface area contributed by atoms with E-state index in [1.54, 1.807) is 7.11 Å². The topological polar surface area (TPSA) is 70.3 Å². The molecule has 0 radical (unpaired) electrons. The Balaban J connectivity index is 1.19. The molecule has 0 spiro atoms. The SMILES string of the molecule is COc1cccc2c3c([nH]c12)CN(CCCOc1ccc2ccc(=O)[nH]c2c1)CC3. The summed E-state index contributed by atoms with van der Waals surface area (Å²) in [4.78, 5) is 20.4. The summed E-state index contributed by atoms with van der Waals surface area (Å²) >= 11 is 0. The molecule has 0 atom stereocenters. The molecule has 1 aliphatic rings. The first-order valence-electron chi connectivity index (χ1n) is 10.4. The zero-order valence-electron chi connectivity index (χ0n) is 17.0. The number of pyridine rings is 1. The van der Waals surface area contributed by atoms with Crippen LogP contribution in [0.1, 0.15) is 17.7 Å². The molecule has 30 heavy (non-hydrogen) atoms. The van der Waals surface area contributed by atoms with Gasteiger partial charge in [-0.05, 0) is 48.1 Å². The summed E-state index contributed by atoms with van der Waals surface area (Å²) in [6.07, 6.45) is 1.99. The number of aromatic nitrogens is 2. The molecule has 0 unspecified atom stereocenters. The van der Waals surface area contributed by atoms with E-state index < -0.39 is 0 Å². The van der Waals surface area contributed by atoms with Crippen LogP contribution in [0.25, 0.3) is 21.8 Å². The van der Waals surface area contributed by atoms with Crippen LogP contribution in [-0.4, -0.2) is 41.7 Å². The van der Waals surface area contributed by atoms with E-state index in [0.29, 0.717) is 6.61 Å². The van der Waals surface area contributed by atoms with Gasteiger partial charge in [-0.2, -0.15) is 0 Å². The second-order valence-electron chi connectivity index (χ2n) is 7.76. The van der Waals surface area contributed by atoms with Crippen molar-refractivity contribution >= 4 is 21.8 Å². The van der Waals surface area contributed by atoms with Crippen LogP contribution in [0.15, 0.2) is 53.3 Å². The average molecular weight is 403 g/mol. The number of hydrogen-bond acceptors (Lipinski definition) is 4. The number of aromatic amines is 2. The summed E-state index contributed by atoms with van der Waals surface area (Å²) in [5.41, 5.74) is 4.52. The van der Waals surface area contributed by atoms with Crippen molar-refractivity contribution in [1.29, 1.82) is 0 Å². The monoisotopic (exact) mass is 403 g/mol. The van der Waals surface area contributed by atoms with Crippen LogP contribution in [0, 0.1) is 0 Å². The smallest absolute Gasteiger partial charge is 0.248 e. The summed E-state index contributed by atoms with van der Waals surface area (Å²) in [5, 5.41) is 2.28. The van der Waals surface area contributed by atoms with Gasteiger partial charge in [0.2, 0.25) is 5.56 Å². The lowest BCUT2D eigenvalue weighted by molar-refractivity contribution is 0.219. The van der Waals surface area contributed by atoms with Gasteiger partial charge >= 0.3 is 0 Å². The lowest BCUT2D eigenvalue weighted by Gasteiger charge is -2.26. The Morgan fingerprint density at radius 1 is 1.10 bits per heavy atom. The zero-order chi connectivity index (χ0) is 20.5. The molecule has 6 heteroatoms. The largest absolute Gasteiger partial charge is 0.495 e. The van der Waals surface area contributed by atoms with Gasteiger partial charge in [-0.15, -0.1) is 0 Å². The van der Waals surface area contributed by atoms with Gasteiger partial charge in [0.05, 0.1) is 24.8 Å². The molecule has 0 saturated heterocycles. The summed E-state index contributed by atoms with van der Waals surface area (Å²) in [7, 11) is 1.72. The van der Waals surface area contributed by atoms with Crippen LogP contribution >= 0.6 is 0 Å². The number of hydrogen-bond donors (Lipinski definition) is 2. The van der Waals surface area contributed by atoms with E-state index in [1.165, 1.54) is 22.7 Å². The average Bonchev–Trinajstić information content (AvgIpc) is 3.14. The maximum atomic E-state index is 11.5. The maximum absolute atomic E-state index is 11.5. The van der Waals surface area contributed by atoms with Crippen LogP contribution < -0.4 is 15.0 Å². The van der Waals surface area contributed by atoms with Gasteiger partial charge in [-0.25, -0.2) is 0 Å². The van der Waals surface area contributed by atoms with Crippen molar-refractivity contribution in [1.82, 2.24) is 14.9 Å². The van der Waals surface area contributed by atoms with Crippen LogP contribution in [-0.2, 0) is 13.0 Å². The van der Waals surface area contributed by atoms with Gasteiger partial charge in [0.25, 0.3) is 0 Å². The van der Waals surface area contributed by atoms with E-state index >= 15 is 0 Å². The van der Waals surface area contributed by atoms with Crippen LogP contribution in [0.4, 0.5) is 0 Å². The van der Waals surface area contributed by atoms with E-state index in [2.05, 4.69) is 27.0 Å². The maximum Gasteiger partial charge on any atom is 0.248 e. The first-order valence-corrected chi connectivity index (χ1v) is 10.4. The minimum atomic E-state index is -0.0984. The number of methoxy groups -OCH3 is 1. The standard InChI is InChI=1S/C24H25N3O3/c1-29-22-5-2-4-19-18-10-12-27(15-21(18)26-24(19)22)11-3-13-30-17-8-6-16-7-9-23(28)25-20(16)14-17/h2,4-9,14,26H,3,10-13,15H2,1H3,(H,25,28). The third kappa shape index (κ3) is 3.55. The molecule has 2 aromatic heterocycles. The Morgan fingerprint density at radius 3 is 2.90 bits per heavy atom. The van der Waals surface area contributed by atoms with Gasteiger partial charge in [0, 0.05) is 42.8 Å². The van der Waals surface area contributed by atoms with Gasteiger partial charge in [0.1, 0.15) is 11.5 Å². The Bertz CT molecular complexity index is 1260. The predicted molar refractivity (Wildman–Crippen MR) is 119 cm³/mol. The number of para-hydroxylation sites is 1. The van der Waals surface area contributed by atoms with Crippen molar-refractivity contribution in [2.24, 2.45) is 0 Å². The van der Waals surface area contributed by atoms with E-state index in [0.717, 1.165) is 60.4 Å². The van der Waals surface area contributed by atoms with Crippen molar-refractivity contribution in [3.05, 3.63) is 70.1 Å². The highest BCUT2D eigenvalue weighted by atomic mass is 16.5. The van der Waals surface area contributed by atoms with Crippen LogP contribution in [0.2, 0.25) is 0 Å². The third-order valence-corrected chi connectivity index (χ3v) is 5.86. The lowest BCUT2D eigenvalue weighted by Crippen LogP contribution is -2.31. The molecule has 2 aromatic carbocycles. The van der Waals surface area contributed by atoms with Gasteiger partial charge in [-0.3, -0.25) is 9.69 Å². The Morgan fingerprint density at radius 2 is 2.00 bits per heavy atom. The van der Waals surface area contributed by atoms with E-state index in [9.17, 15) is 4.79 Å². The highest BCUT2D eigenvalue weighted by molar-refractivity contribution is 5.89. The van der Waals surface area contributed by atoms with Crippen molar-refractivity contribution < 1.29 is 9.47 Å². The predicted octanol–water partition coefficient (Wildman–Crippen LogP) is 3.85. The molecule has 2 N–H and O–H groups in total. The van der Waals surface area contributed by atoms with Crippen molar-refractivity contribution in [2.45, 2.75) is 19.4 Å². The number of rotatable bonds is 6. The minimum Gasteiger partial charge on any atom is -0.495 e. The van der Waals surface area contributed by atoms with Gasteiger partial charge < -0.3 is 19.4 Å². The Kier molecular flexibility index (Phi) is 4.93. The highest BCUT2D eigenvalue weighted by Gasteiger charge is 2.21. The van der Waals surface area contributed by atoms with E-state index in [1.807, 2.05) is 30.3 Å². The second kappa shape index (κ2) is 7.88. The molecule has 0 bridgehead atoms. The first kappa shape index (κ1) is 18.8.